The fraction of sp³-hybridized carbons (Fsp3) is 0.500. The van der Waals surface area contributed by atoms with Crippen molar-refractivity contribution < 1.29 is 22.3 Å². The van der Waals surface area contributed by atoms with Crippen LogP contribution in [-0.4, -0.2) is 37.0 Å². The normalized spacial score (nSPS) is 16.6. The van der Waals surface area contributed by atoms with Crippen molar-refractivity contribution in [1.29, 1.82) is 0 Å². The second kappa shape index (κ2) is 5.52. The lowest BCUT2D eigenvalue weighted by Gasteiger charge is -2.36. The van der Waals surface area contributed by atoms with Crippen LogP contribution in [0.2, 0.25) is 0 Å². The third kappa shape index (κ3) is 2.77. The van der Waals surface area contributed by atoms with Crippen LogP contribution < -0.4 is 0 Å². The van der Waals surface area contributed by atoms with Gasteiger partial charge in [-0.25, -0.2) is 17.2 Å². The Kier molecular flexibility index (Phi) is 4.17. The van der Waals surface area contributed by atoms with Crippen LogP contribution in [0.4, 0.5) is 8.78 Å². The van der Waals surface area contributed by atoms with Crippen molar-refractivity contribution in [1.82, 2.24) is 4.31 Å². The maximum atomic E-state index is 13.6. The molecule has 1 aromatic carbocycles. The van der Waals surface area contributed by atoms with Gasteiger partial charge in [-0.3, -0.25) is 0 Å². The van der Waals surface area contributed by atoms with Gasteiger partial charge in [0.15, 0.2) is 0 Å². The van der Waals surface area contributed by atoms with Gasteiger partial charge in [-0.15, -0.1) is 0 Å². The second-order valence-corrected chi connectivity index (χ2v) is 6.36. The zero-order chi connectivity index (χ0) is 14.0. The Bertz CT molecular complexity index is 558. The molecule has 1 aliphatic carbocycles. The van der Waals surface area contributed by atoms with Crippen LogP contribution in [0.3, 0.4) is 0 Å². The number of aliphatic hydroxyl groups excluding tert-OH is 1. The molecule has 106 valence electrons. The maximum absolute atomic E-state index is 13.6. The van der Waals surface area contributed by atoms with E-state index in [-0.39, 0.29) is 19.2 Å². The highest BCUT2D eigenvalue weighted by Crippen LogP contribution is 2.30. The molecular formula is C12H15F2NO3S. The summed E-state index contributed by atoms with van der Waals surface area (Å²) in [5.74, 6) is -1.93. The molecule has 1 aromatic rings. The molecule has 0 spiro atoms. The van der Waals surface area contributed by atoms with Crippen molar-refractivity contribution in [3.63, 3.8) is 0 Å². The van der Waals surface area contributed by atoms with E-state index in [0.717, 1.165) is 22.9 Å². The van der Waals surface area contributed by atoms with Crippen molar-refractivity contribution in [2.75, 3.05) is 13.2 Å². The summed E-state index contributed by atoms with van der Waals surface area (Å²) in [6.07, 6.45) is 2.30. The lowest BCUT2D eigenvalue weighted by Crippen LogP contribution is -2.45. The van der Waals surface area contributed by atoms with E-state index in [4.69, 9.17) is 5.11 Å². The number of benzene rings is 1. The molecule has 4 nitrogen and oxygen atoms in total. The highest BCUT2D eigenvalue weighted by Gasteiger charge is 2.35. The first-order valence-corrected chi connectivity index (χ1v) is 7.48. The highest BCUT2D eigenvalue weighted by atomic mass is 32.2. The van der Waals surface area contributed by atoms with Crippen molar-refractivity contribution in [2.24, 2.45) is 0 Å². The van der Waals surface area contributed by atoms with Gasteiger partial charge in [-0.2, -0.15) is 4.31 Å². The average molecular weight is 291 g/mol. The van der Waals surface area contributed by atoms with Crippen LogP contribution in [0, 0.1) is 11.6 Å². The molecule has 1 saturated carbocycles. The predicted molar refractivity (Wildman–Crippen MR) is 65.0 cm³/mol. The number of hydrogen-bond acceptors (Lipinski definition) is 3. The number of halogens is 2. The number of rotatable bonds is 5. The highest BCUT2D eigenvalue weighted by molar-refractivity contribution is 7.89. The van der Waals surface area contributed by atoms with Gasteiger partial charge in [0.05, 0.1) is 6.61 Å². The molecule has 1 N–H and O–H groups in total. The smallest absolute Gasteiger partial charge is 0.246 e. The van der Waals surface area contributed by atoms with E-state index in [1.807, 2.05) is 0 Å². The summed E-state index contributed by atoms with van der Waals surface area (Å²) in [4.78, 5) is -0.547. The topological polar surface area (TPSA) is 57.6 Å². The van der Waals surface area contributed by atoms with Crippen LogP contribution >= 0.6 is 0 Å². The van der Waals surface area contributed by atoms with Gasteiger partial charge in [0.2, 0.25) is 10.0 Å². The summed E-state index contributed by atoms with van der Waals surface area (Å²) in [6, 6.07) is 2.17. The Labute approximate surface area is 110 Å². The van der Waals surface area contributed by atoms with Crippen LogP contribution in [0.5, 0.6) is 0 Å². The van der Waals surface area contributed by atoms with Crippen LogP contribution in [0.1, 0.15) is 19.3 Å². The lowest BCUT2D eigenvalue weighted by molar-refractivity contribution is 0.178. The molecule has 0 saturated heterocycles. The lowest BCUT2D eigenvalue weighted by atomic mass is 9.93. The molecule has 0 bridgehead atoms. The standard InChI is InChI=1S/C12H15F2NO3S/c13-9-4-5-12(11(14)8-9)19(17,18)15(6-7-16)10-2-1-3-10/h4-5,8,10,16H,1-3,6-7H2. The zero-order valence-corrected chi connectivity index (χ0v) is 11.0. The molecule has 0 aromatic heterocycles. The Hall–Kier alpha value is -1.05. The van der Waals surface area contributed by atoms with Crippen LogP contribution in [0.15, 0.2) is 23.1 Å². The van der Waals surface area contributed by atoms with E-state index in [1.54, 1.807) is 0 Å². The molecule has 0 radical (unpaired) electrons. The van der Waals surface area contributed by atoms with Crippen LogP contribution in [-0.2, 0) is 10.0 Å². The van der Waals surface area contributed by atoms with E-state index in [0.29, 0.717) is 18.9 Å². The van der Waals surface area contributed by atoms with Gasteiger partial charge in [-0.1, -0.05) is 6.42 Å². The third-order valence-electron chi connectivity index (χ3n) is 3.28. The zero-order valence-electron chi connectivity index (χ0n) is 10.2. The summed E-state index contributed by atoms with van der Waals surface area (Å²) in [5.41, 5.74) is 0. The monoisotopic (exact) mass is 291 g/mol. The Morgan fingerprint density at radius 3 is 2.47 bits per heavy atom. The van der Waals surface area contributed by atoms with E-state index in [9.17, 15) is 17.2 Å². The van der Waals surface area contributed by atoms with Gasteiger partial charge in [0.1, 0.15) is 16.5 Å². The van der Waals surface area contributed by atoms with Crippen molar-refractivity contribution in [3.8, 4) is 0 Å². The van der Waals surface area contributed by atoms with Gasteiger partial charge in [0.25, 0.3) is 0 Å². The van der Waals surface area contributed by atoms with E-state index < -0.39 is 26.6 Å². The van der Waals surface area contributed by atoms with Crippen LogP contribution in [0.25, 0.3) is 0 Å². The third-order valence-corrected chi connectivity index (χ3v) is 5.27. The van der Waals surface area contributed by atoms with Crippen molar-refractivity contribution in [3.05, 3.63) is 29.8 Å². The quantitative estimate of drug-likeness (QED) is 0.894. The molecule has 0 unspecified atom stereocenters. The maximum Gasteiger partial charge on any atom is 0.246 e. The molecule has 0 atom stereocenters. The number of nitrogens with zero attached hydrogens (tertiary/aromatic N) is 1. The van der Waals surface area contributed by atoms with E-state index in [2.05, 4.69) is 0 Å². The average Bonchev–Trinajstić information content (AvgIpc) is 2.25. The molecule has 1 fully saturated rings. The van der Waals surface area contributed by atoms with Gasteiger partial charge >= 0.3 is 0 Å². The Balaban J connectivity index is 2.38. The van der Waals surface area contributed by atoms with Crippen molar-refractivity contribution in [2.45, 2.75) is 30.2 Å². The molecule has 2 rings (SSSR count). The van der Waals surface area contributed by atoms with E-state index in [1.165, 1.54) is 0 Å². The molecule has 19 heavy (non-hydrogen) atoms. The van der Waals surface area contributed by atoms with Gasteiger partial charge in [-0.05, 0) is 25.0 Å². The second-order valence-electron chi connectivity index (χ2n) is 4.50. The minimum Gasteiger partial charge on any atom is -0.395 e. The summed E-state index contributed by atoms with van der Waals surface area (Å²) in [5, 5.41) is 8.97. The first-order valence-electron chi connectivity index (χ1n) is 6.04. The molecule has 1 aliphatic rings. The molecular weight excluding hydrogens is 276 g/mol. The Morgan fingerprint density at radius 1 is 1.32 bits per heavy atom. The first kappa shape index (κ1) is 14.4. The summed E-state index contributed by atoms with van der Waals surface area (Å²) >= 11 is 0. The summed E-state index contributed by atoms with van der Waals surface area (Å²) < 4.78 is 52.2. The molecule has 7 heteroatoms. The summed E-state index contributed by atoms with van der Waals surface area (Å²) in [6.45, 7) is -0.414. The minimum absolute atomic E-state index is 0.0795. The number of sulfonamides is 1. The molecule has 0 heterocycles. The predicted octanol–water partition coefficient (Wildman–Crippen LogP) is 1.50. The SMILES string of the molecule is O=S(=O)(c1ccc(F)cc1F)N(CCO)C1CCC1. The first-order chi connectivity index (χ1) is 8.96. The Morgan fingerprint density at radius 2 is 2.00 bits per heavy atom. The fourth-order valence-electron chi connectivity index (χ4n) is 2.08. The van der Waals surface area contributed by atoms with Crippen molar-refractivity contribution >= 4 is 10.0 Å². The minimum atomic E-state index is -4.04. The largest absolute Gasteiger partial charge is 0.395 e. The number of aliphatic hydroxyl groups is 1. The van der Waals surface area contributed by atoms with Gasteiger partial charge in [0, 0.05) is 18.7 Å². The molecule has 0 amide bonds. The van der Waals surface area contributed by atoms with Gasteiger partial charge < -0.3 is 5.11 Å². The molecule has 0 aliphatic heterocycles. The van der Waals surface area contributed by atoms with E-state index >= 15 is 0 Å². The fourth-order valence-corrected chi connectivity index (χ4v) is 3.81. The number of hydrogen-bond donors (Lipinski definition) is 1. The summed E-state index contributed by atoms with van der Waals surface area (Å²) in [7, 11) is -4.04.